The van der Waals surface area contributed by atoms with E-state index in [0.29, 0.717) is 5.92 Å². The fraction of sp³-hybridized carbons (Fsp3) is 0.722. The Morgan fingerprint density at radius 2 is 2.00 bits per heavy atom. The molecule has 6 nitrogen and oxygen atoms in total. The first-order valence-electron chi connectivity index (χ1n) is 8.74. The summed E-state index contributed by atoms with van der Waals surface area (Å²) in [7, 11) is 0. The molecule has 24 heavy (non-hydrogen) atoms. The highest BCUT2D eigenvalue weighted by Gasteiger charge is 2.47. The van der Waals surface area contributed by atoms with Crippen molar-refractivity contribution >= 4 is 12.4 Å². The van der Waals surface area contributed by atoms with Gasteiger partial charge in [-0.15, -0.1) is 0 Å². The summed E-state index contributed by atoms with van der Waals surface area (Å²) in [5.74, 6) is 1.18. The highest BCUT2D eigenvalue weighted by Crippen LogP contribution is 2.46. The van der Waals surface area contributed by atoms with Gasteiger partial charge in [-0.2, -0.15) is 0 Å². The average molecular weight is 334 g/mol. The van der Waals surface area contributed by atoms with Crippen LogP contribution in [0.1, 0.15) is 76.7 Å². The SMILES string of the molecule is CC(C)(C)OC(=O)NC1CCC(c2cc(C3(C=O)CC3)no2)CC1. The first-order valence-corrected chi connectivity index (χ1v) is 8.74. The second kappa shape index (κ2) is 6.22. The zero-order valence-electron chi connectivity index (χ0n) is 14.6. The van der Waals surface area contributed by atoms with Crippen molar-refractivity contribution in [3.05, 3.63) is 17.5 Å². The molecule has 0 atom stereocenters. The second-order valence-electron chi connectivity index (χ2n) is 8.08. The molecule has 132 valence electrons. The van der Waals surface area contributed by atoms with E-state index < -0.39 is 5.60 Å². The maximum atomic E-state index is 11.8. The zero-order valence-corrected chi connectivity index (χ0v) is 14.6. The van der Waals surface area contributed by atoms with E-state index in [0.717, 1.165) is 56.3 Å². The molecule has 1 N–H and O–H groups in total. The number of carbonyl (C=O) groups excluding carboxylic acids is 2. The summed E-state index contributed by atoms with van der Waals surface area (Å²) in [6.45, 7) is 5.57. The molecule has 0 bridgehead atoms. The largest absolute Gasteiger partial charge is 0.444 e. The lowest BCUT2D eigenvalue weighted by Gasteiger charge is -2.29. The van der Waals surface area contributed by atoms with E-state index in [9.17, 15) is 9.59 Å². The Labute approximate surface area is 142 Å². The number of hydrogen-bond acceptors (Lipinski definition) is 5. The number of rotatable bonds is 4. The third kappa shape index (κ3) is 3.79. The number of nitrogens with one attached hydrogen (secondary N) is 1. The number of carbonyl (C=O) groups is 2. The van der Waals surface area contributed by atoms with Gasteiger partial charge in [0.15, 0.2) is 0 Å². The Balaban J connectivity index is 1.50. The van der Waals surface area contributed by atoms with E-state index in [2.05, 4.69) is 10.5 Å². The minimum Gasteiger partial charge on any atom is -0.444 e. The Hall–Kier alpha value is -1.85. The maximum Gasteiger partial charge on any atom is 0.407 e. The molecular weight excluding hydrogens is 308 g/mol. The number of alkyl carbamates (subject to hydrolysis) is 1. The second-order valence-corrected chi connectivity index (χ2v) is 8.08. The van der Waals surface area contributed by atoms with Crippen molar-refractivity contribution in [1.82, 2.24) is 10.5 Å². The third-order valence-corrected chi connectivity index (χ3v) is 4.90. The Kier molecular flexibility index (Phi) is 4.40. The molecule has 0 aromatic carbocycles. The third-order valence-electron chi connectivity index (χ3n) is 4.90. The lowest BCUT2D eigenvalue weighted by Crippen LogP contribution is -2.40. The fourth-order valence-electron chi connectivity index (χ4n) is 3.28. The summed E-state index contributed by atoms with van der Waals surface area (Å²) in [5.41, 5.74) is -0.0759. The van der Waals surface area contributed by atoms with Crippen LogP contribution in [0.4, 0.5) is 4.79 Å². The highest BCUT2D eigenvalue weighted by atomic mass is 16.6. The van der Waals surface area contributed by atoms with Crippen molar-refractivity contribution in [1.29, 1.82) is 0 Å². The van der Waals surface area contributed by atoms with Crippen LogP contribution in [0.2, 0.25) is 0 Å². The highest BCUT2D eigenvalue weighted by molar-refractivity contribution is 5.71. The van der Waals surface area contributed by atoms with Crippen LogP contribution in [-0.4, -0.2) is 29.2 Å². The minimum atomic E-state index is -0.477. The zero-order chi connectivity index (χ0) is 17.4. The van der Waals surface area contributed by atoms with Gasteiger partial charge in [-0.3, -0.25) is 0 Å². The van der Waals surface area contributed by atoms with Gasteiger partial charge in [0.05, 0.1) is 11.1 Å². The van der Waals surface area contributed by atoms with E-state index in [4.69, 9.17) is 9.26 Å². The van der Waals surface area contributed by atoms with Gasteiger partial charge in [-0.25, -0.2) is 4.79 Å². The predicted molar refractivity (Wildman–Crippen MR) is 87.8 cm³/mol. The molecule has 1 aromatic rings. The number of nitrogens with zero attached hydrogens (tertiary/aromatic N) is 1. The van der Waals surface area contributed by atoms with Gasteiger partial charge in [-0.05, 0) is 59.3 Å². The summed E-state index contributed by atoms with van der Waals surface area (Å²) in [5, 5.41) is 7.05. The normalized spacial score (nSPS) is 25.8. The molecule has 2 saturated carbocycles. The van der Waals surface area contributed by atoms with Crippen LogP contribution in [-0.2, 0) is 14.9 Å². The quantitative estimate of drug-likeness (QED) is 0.853. The van der Waals surface area contributed by atoms with Crippen LogP contribution in [0.5, 0.6) is 0 Å². The maximum absolute atomic E-state index is 11.8. The molecule has 1 heterocycles. The molecule has 2 fully saturated rings. The molecular formula is C18H26N2O4. The average Bonchev–Trinajstić information content (AvgIpc) is 3.15. The summed E-state index contributed by atoms with van der Waals surface area (Å²) >= 11 is 0. The topological polar surface area (TPSA) is 81.4 Å². The van der Waals surface area contributed by atoms with E-state index in [1.54, 1.807) is 0 Å². The molecule has 0 saturated heterocycles. The summed E-state index contributed by atoms with van der Waals surface area (Å²) < 4.78 is 10.8. The van der Waals surface area contributed by atoms with Gasteiger partial charge in [0.2, 0.25) is 0 Å². The molecule has 0 unspecified atom stereocenters. The van der Waals surface area contributed by atoms with Gasteiger partial charge < -0.3 is 19.4 Å². The lowest BCUT2D eigenvalue weighted by molar-refractivity contribution is -0.110. The van der Waals surface area contributed by atoms with Crippen molar-refractivity contribution in [3.63, 3.8) is 0 Å². The van der Waals surface area contributed by atoms with Crippen molar-refractivity contribution in [3.8, 4) is 0 Å². The molecule has 0 aliphatic heterocycles. The van der Waals surface area contributed by atoms with Crippen molar-refractivity contribution in [2.24, 2.45) is 0 Å². The van der Waals surface area contributed by atoms with Crippen molar-refractivity contribution in [2.75, 3.05) is 0 Å². The van der Waals surface area contributed by atoms with Gasteiger partial charge in [0, 0.05) is 18.0 Å². The molecule has 3 rings (SSSR count). The number of aldehydes is 1. The summed E-state index contributed by atoms with van der Waals surface area (Å²) in [6.07, 6.45) is 6.03. The number of amides is 1. The van der Waals surface area contributed by atoms with E-state index in [-0.39, 0.29) is 17.6 Å². The smallest absolute Gasteiger partial charge is 0.407 e. The molecule has 0 spiro atoms. The van der Waals surface area contributed by atoms with Crippen LogP contribution < -0.4 is 5.32 Å². The van der Waals surface area contributed by atoms with Crippen LogP contribution in [0, 0.1) is 0 Å². The monoisotopic (exact) mass is 334 g/mol. The van der Waals surface area contributed by atoms with Crippen molar-refractivity contribution < 1.29 is 18.8 Å². The van der Waals surface area contributed by atoms with Crippen LogP contribution in [0.3, 0.4) is 0 Å². The Morgan fingerprint density at radius 1 is 1.33 bits per heavy atom. The Bertz CT molecular complexity index is 605. The predicted octanol–water partition coefficient (Wildman–Crippen LogP) is 3.46. The van der Waals surface area contributed by atoms with Gasteiger partial charge in [-0.1, -0.05) is 5.16 Å². The summed E-state index contributed by atoms with van der Waals surface area (Å²) in [6, 6.07) is 2.09. The number of hydrogen-bond donors (Lipinski definition) is 1. The van der Waals surface area contributed by atoms with Gasteiger partial charge >= 0.3 is 6.09 Å². The van der Waals surface area contributed by atoms with Crippen LogP contribution in [0.25, 0.3) is 0 Å². The Morgan fingerprint density at radius 3 is 2.54 bits per heavy atom. The van der Waals surface area contributed by atoms with E-state index in [1.165, 1.54) is 0 Å². The first-order chi connectivity index (χ1) is 11.3. The molecule has 2 aliphatic rings. The number of ether oxygens (including phenoxy) is 1. The minimum absolute atomic E-state index is 0.142. The van der Waals surface area contributed by atoms with Gasteiger partial charge in [0.1, 0.15) is 17.6 Å². The number of aromatic nitrogens is 1. The fourth-order valence-corrected chi connectivity index (χ4v) is 3.28. The molecule has 2 aliphatic carbocycles. The molecule has 1 amide bonds. The summed E-state index contributed by atoms with van der Waals surface area (Å²) in [4.78, 5) is 23.0. The van der Waals surface area contributed by atoms with E-state index >= 15 is 0 Å². The van der Waals surface area contributed by atoms with Crippen LogP contribution >= 0.6 is 0 Å². The van der Waals surface area contributed by atoms with E-state index in [1.807, 2.05) is 26.8 Å². The molecule has 6 heteroatoms. The lowest BCUT2D eigenvalue weighted by atomic mass is 9.84. The standard InChI is InChI=1S/C18H26N2O4/c1-17(2,3)23-16(22)19-13-6-4-12(5-7-13)14-10-15(20-24-14)18(11-21)8-9-18/h10-13H,4-9H2,1-3H3,(H,19,22). The first kappa shape index (κ1) is 17.0. The van der Waals surface area contributed by atoms with Crippen molar-refractivity contribution in [2.45, 2.75) is 82.3 Å². The molecule has 1 aromatic heterocycles. The van der Waals surface area contributed by atoms with Crippen LogP contribution in [0.15, 0.2) is 10.6 Å². The van der Waals surface area contributed by atoms with Gasteiger partial charge in [0.25, 0.3) is 0 Å². The molecule has 0 radical (unpaired) electrons.